The van der Waals surface area contributed by atoms with Gasteiger partial charge in [0.25, 0.3) is 0 Å². The largest absolute Gasteiger partial charge is 0.318 e. The van der Waals surface area contributed by atoms with Gasteiger partial charge in [-0.1, -0.05) is 23.8 Å². The molecule has 0 aliphatic heterocycles. The van der Waals surface area contributed by atoms with E-state index in [1.54, 1.807) is 0 Å². The number of rotatable bonds is 9. The van der Waals surface area contributed by atoms with E-state index in [4.69, 9.17) is 0 Å². The second-order valence-electron chi connectivity index (χ2n) is 5.50. The zero-order chi connectivity index (χ0) is 14.0. The molecule has 0 bridgehead atoms. The minimum atomic E-state index is 1.07. The Bertz CT molecular complexity index is 289. The van der Waals surface area contributed by atoms with E-state index in [9.17, 15) is 0 Å². The summed E-state index contributed by atoms with van der Waals surface area (Å²) in [4.78, 5) is 0. The van der Waals surface area contributed by atoms with E-state index < -0.39 is 0 Å². The summed E-state index contributed by atoms with van der Waals surface area (Å²) in [5, 5.41) is 0. The monoisotopic (exact) mass is 250 g/mol. The average Bonchev–Trinajstić information content (AvgIpc) is 2.34. The average molecular weight is 250 g/mol. The van der Waals surface area contributed by atoms with Crippen LogP contribution in [0.25, 0.3) is 0 Å². The Morgan fingerprint density at radius 2 is 1.61 bits per heavy atom. The summed E-state index contributed by atoms with van der Waals surface area (Å²) in [6, 6.07) is 0. The number of hydrogen-bond donors (Lipinski definition) is 0. The molecule has 0 amide bonds. The lowest BCUT2D eigenvalue weighted by atomic mass is 10.1. The van der Waals surface area contributed by atoms with Crippen molar-refractivity contribution in [3.63, 3.8) is 0 Å². The zero-order valence-corrected chi connectivity index (χ0v) is 13.1. The fourth-order valence-electron chi connectivity index (χ4n) is 2.13. The second-order valence-corrected chi connectivity index (χ2v) is 5.50. The van der Waals surface area contributed by atoms with E-state index in [1.165, 1.54) is 37.1 Å². The molecule has 0 heterocycles. The van der Waals surface area contributed by atoms with Gasteiger partial charge in [0.2, 0.25) is 0 Å². The van der Waals surface area contributed by atoms with Crippen molar-refractivity contribution in [2.45, 2.75) is 47.5 Å². The highest BCUT2D eigenvalue weighted by atomic mass is 15.3. The van der Waals surface area contributed by atoms with Gasteiger partial charge in [0.1, 0.15) is 0 Å². The molecular formula is C17H32N+. The van der Waals surface area contributed by atoms with E-state index in [2.05, 4.69) is 59.4 Å². The summed E-state index contributed by atoms with van der Waals surface area (Å²) >= 11 is 0. The van der Waals surface area contributed by atoms with Gasteiger partial charge < -0.3 is 4.48 Å². The second kappa shape index (κ2) is 9.16. The van der Waals surface area contributed by atoms with Crippen molar-refractivity contribution >= 4 is 0 Å². The van der Waals surface area contributed by atoms with Gasteiger partial charge >= 0.3 is 0 Å². The Morgan fingerprint density at radius 1 is 1.00 bits per heavy atom. The molecule has 1 nitrogen and oxygen atoms in total. The Labute approximate surface area is 114 Å². The van der Waals surface area contributed by atoms with Crippen LogP contribution in [0.15, 0.2) is 36.0 Å². The maximum Gasteiger partial charge on any atom is 0.0978 e. The molecule has 0 saturated heterocycles. The van der Waals surface area contributed by atoms with Crippen molar-refractivity contribution < 1.29 is 4.48 Å². The van der Waals surface area contributed by atoms with E-state index in [0.717, 1.165) is 17.6 Å². The fourth-order valence-corrected chi connectivity index (χ4v) is 2.13. The first kappa shape index (κ1) is 17.2. The van der Waals surface area contributed by atoms with Crippen LogP contribution < -0.4 is 0 Å². The lowest BCUT2D eigenvalue weighted by Gasteiger charge is -2.35. The Morgan fingerprint density at radius 3 is 2.06 bits per heavy atom. The minimum Gasteiger partial charge on any atom is -0.318 e. The van der Waals surface area contributed by atoms with Crippen molar-refractivity contribution in [3.05, 3.63) is 36.0 Å². The van der Waals surface area contributed by atoms with Gasteiger partial charge in [0, 0.05) is 0 Å². The zero-order valence-electron chi connectivity index (χ0n) is 13.1. The lowest BCUT2D eigenvalue weighted by molar-refractivity contribution is -0.914. The summed E-state index contributed by atoms with van der Waals surface area (Å²) in [5.41, 5.74) is 2.93. The summed E-state index contributed by atoms with van der Waals surface area (Å²) < 4.78 is 1.13. The standard InChI is InChI=1S/C17H32N/c1-7-14-18(8-2,9-3)15-13-17(6)12-10-11-16(4)5/h7,11,13H,1,8-10,12,14-15H2,2-6H3/q+1/b17-13+. The van der Waals surface area contributed by atoms with Gasteiger partial charge in [0.05, 0.1) is 26.2 Å². The minimum absolute atomic E-state index is 1.07. The topological polar surface area (TPSA) is 0 Å². The third kappa shape index (κ3) is 6.80. The predicted octanol–water partition coefficient (Wildman–Crippen LogP) is 4.72. The van der Waals surface area contributed by atoms with E-state index in [1.807, 2.05) is 0 Å². The maximum absolute atomic E-state index is 3.89. The first-order valence-corrected chi connectivity index (χ1v) is 7.24. The molecule has 0 aliphatic carbocycles. The molecule has 1 heteroatoms. The molecule has 104 valence electrons. The van der Waals surface area contributed by atoms with Gasteiger partial charge in [0.15, 0.2) is 0 Å². The van der Waals surface area contributed by atoms with E-state index >= 15 is 0 Å². The molecular weight excluding hydrogens is 218 g/mol. The molecule has 0 saturated carbocycles. The van der Waals surface area contributed by atoms with Crippen molar-refractivity contribution in [2.75, 3.05) is 26.2 Å². The highest BCUT2D eigenvalue weighted by Crippen LogP contribution is 2.11. The summed E-state index contributed by atoms with van der Waals surface area (Å²) in [7, 11) is 0. The number of hydrogen-bond acceptors (Lipinski definition) is 0. The molecule has 0 aromatic heterocycles. The Kier molecular flexibility index (Phi) is 8.74. The first-order valence-electron chi connectivity index (χ1n) is 7.24. The van der Waals surface area contributed by atoms with Gasteiger partial charge in [-0.05, 0) is 59.6 Å². The van der Waals surface area contributed by atoms with E-state index in [0.29, 0.717) is 0 Å². The Hall–Kier alpha value is -0.820. The maximum atomic E-state index is 3.89. The van der Waals surface area contributed by atoms with Crippen LogP contribution in [0.3, 0.4) is 0 Å². The summed E-state index contributed by atoms with van der Waals surface area (Å²) in [6.07, 6.45) is 9.16. The molecule has 0 aromatic carbocycles. The fraction of sp³-hybridized carbons (Fsp3) is 0.647. The summed E-state index contributed by atoms with van der Waals surface area (Å²) in [5.74, 6) is 0. The normalized spacial score (nSPS) is 12.4. The van der Waals surface area contributed by atoms with Crippen LogP contribution in [0.4, 0.5) is 0 Å². The van der Waals surface area contributed by atoms with Gasteiger partial charge in [-0.15, -0.1) is 0 Å². The van der Waals surface area contributed by atoms with Gasteiger partial charge in [-0.25, -0.2) is 0 Å². The molecule has 0 fully saturated rings. The Balaban J connectivity index is 4.38. The number of nitrogens with zero attached hydrogens (tertiary/aromatic N) is 1. The third-order valence-corrected chi connectivity index (χ3v) is 3.78. The lowest BCUT2D eigenvalue weighted by Crippen LogP contribution is -2.47. The molecule has 0 spiro atoms. The third-order valence-electron chi connectivity index (χ3n) is 3.78. The SMILES string of the molecule is C=CC[N+](CC)(CC)C/C=C(\C)CCC=C(C)C. The van der Waals surface area contributed by atoms with Crippen LogP contribution in [-0.4, -0.2) is 30.7 Å². The molecule has 0 aliphatic rings. The number of quaternary nitrogens is 1. The van der Waals surface area contributed by atoms with Crippen LogP contribution in [0, 0.1) is 0 Å². The van der Waals surface area contributed by atoms with Crippen LogP contribution in [0.5, 0.6) is 0 Å². The smallest absolute Gasteiger partial charge is 0.0978 e. The molecule has 0 N–H and O–H groups in total. The highest BCUT2D eigenvalue weighted by molar-refractivity contribution is 5.02. The van der Waals surface area contributed by atoms with Crippen LogP contribution in [-0.2, 0) is 0 Å². The van der Waals surface area contributed by atoms with Crippen molar-refractivity contribution in [2.24, 2.45) is 0 Å². The van der Waals surface area contributed by atoms with Crippen molar-refractivity contribution in [1.29, 1.82) is 0 Å². The summed E-state index contributed by atoms with van der Waals surface area (Å²) in [6.45, 7) is 19.6. The number of allylic oxidation sites excluding steroid dienone is 3. The number of likely N-dealkylation sites (N-methyl/N-ethyl adjacent to an activating group) is 1. The van der Waals surface area contributed by atoms with Crippen LogP contribution >= 0.6 is 0 Å². The van der Waals surface area contributed by atoms with Gasteiger partial charge in [-0.3, -0.25) is 0 Å². The molecule has 0 atom stereocenters. The molecule has 0 rings (SSSR count). The van der Waals surface area contributed by atoms with E-state index in [-0.39, 0.29) is 0 Å². The molecule has 18 heavy (non-hydrogen) atoms. The molecule has 0 radical (unpaired) electrons. The highest BCUT2D eigenvalue weighted by Gasteiger charge is 2.19. The predicted molar refractivity (Wildman–Crippen MR) is 83.7 cm³/mol. The molecule has 0 aromatic rings. The van der Waals surface area contributed by atoms with Crippen molar-refractivity contribution in [3.8, 4) is 0 Å². The van der Waals surface area contributed by atoms with Crippen LogP contribution in [0.1, 0.15) is 47.5 Å². The van der Waals surface area contributed by atoms with Gasteiger partial charge in [-0.2, -0.15) is 0 Å². The first-order chi connectivity index (χ1) is 8.49. The van der Waals surface area contributed by atoms with Crippen LogP contribution in [0.2, 0.25) is 0 Å². The molecule has 0 unspecified atom stereocenters. The quantitative estimate of drug-likeness (QED) is 0.410. The van der Waals surface area contributed by atoms with Crippen molar-refractivity contribution in [1.82, 2.24) is 0 Å².